The summed E-state index contributed by atoms with van der Waals surface area (Å²) in [5.41, 5.74) is 6.71. The molecule has 0 unspecified atom stereocenters. The lowest BCUT2D eigenvalue weighted by Crippen LogP contribution is -2.04. The number of hydrogen-bond acceptors (Lipinski definition) is 2. The molecule has 0 fully saturated rings. The molecule has 1 rings (SSSR count). The second-order valence-corrected chi connectivity index (χ2v) is 3.09. The van der Waals surface area contributed by atoms with Crippen molar-refractivity contribution in [1.82, 2.24) is 0 Å². The van der Waals surface area contributed by atoms with Crippen molar-refractivity contribution in [3.8, 4) is 5.75 Å². The molecule has 0 saturated heterocycles. The Balaban J connectivity index is 0.00000144. The van der Waals surface area contributed by atoms with Crippen LogP contribution in [0.4, 0.5) is 0 Å². The predicted octanol–water partition coefficient (Wildman–Crippen LogP) is 2.79. The average Bonchev–Trinajstić information content (AvgIpc) is 2.05. The van der Waals surface area contributed by atoms with Gasteiger partial charge in [-0.25, -0.2) is 0 Å². The molecule has 2 N–H and O–H groups in total. The summed E-state index contributed by atoms with van der Waals surface area (Å²) in [5.74, 6) is 0.673. The van der Waals surface area contributed by atoms with Gasteiger partial charge >= 0.3 is 0 Å². The number of ether oxygens (including phenoxy) is 1. The van der Waals surface area contributed by atoms with Gasteiger partial charge in [0.15, 0.2) is 0 Å². The van der Waals surface area contributed by atoms with Crippen molar-refractivity contribution in [3.05, 3.63) is 28.8 Å². The SMILES string of the molecule is COc1cc([C@H](C)N)ccc1Cl.Cl. The Hall–Kier alpha value is -0.440. The molecular formula is C9H13Cl2NO. The maximum atomic E-state index is 5.84. The van der Waals surface area contributed by atoms with Gasteiger partial charge < -0.3 is 10.5 Å². The van der Waals surface area contributed by atoms with Crippen molar-refractivity contribution in [2.75, 3.05) is 7.11 Å². The van der Waals surface area contributed by atoms with Crippen LogP contribution in [0.5, 0.6) is 5.75 Å². The van der Waals surface area contributed by atoms with Gasteiger partial charge in [-0.15, -0.1) is 12.4 Å². The number of nitrogens with two attached hydrogens (primary N) is 1. The Morgan fingerprint density at radius 1 is 1.46 bits per heavy atom. The highest BCUT2D eigenvalue weighted by Gasteiger charge is 2.04. The third-order valence-electron chi connectivity index (χ3n) is 1.70. The lowest BCUT2D eigenvalue weighted by Gasteiger charge is -2.08. The molecule has 1 aromatic carbocycles. The third kappa shape index (κ3) is 3.07. The Bertz CT molecular complexity index is 276. The number of halogens is 2. The molecule has 0 aliphatic rings. The summed E-state index contributed by atoms with van der Waals surface area (Å²) in [4.78, 5) is 0. The molecule has 0 aromatic heterocycles. The normalized spacial score (nSPS) is 11.7. The fourth-order valence-corrected chi connectivity index (χ4v) is 1.15. The van der Waals surface area contributed by atoms with Gasteiger partial charge in [-0.3, -0.25) is 0 Å². The van der Waals surface area contributed by atoms with Crippen LogP contribution in [0, 0.1) is 0 Å². The summed E-state index contributed by atoms with van der Waals surface area (Å²) >= 11 is 5.84. The molecule has 0 aliphatic heterocycles. The van der Waals surface area contributed by atoms with Crippen LogP contribution in [-0.2, 0) is 0 Å². The van der Waals surface area contributed by atoms with E-state index in [1.807, 2.05) is 19.1 Å². The van der Waals surface area contributed by atoms with Crippen LogP contribution in [0.3, 0.4) is 0 Å². The zero-order valence-electron chi connectivity index (χ0n) is 7.58. The molecule has 0 aliphatic carbocycles. The minimum atomic E-state index is 0. The smallest absolute Gasteiger partial charge is 0.137 e. The van der Waals surface area contributed by atoms with Crippen molar-refractivity contribution < 1.29 is 4.74 Å². The Morgan fingerprint density at radius 2 is 2.08 bits per heavy atom. The van der Waals surface area contributed by atoms with Crippen molar-refractivity contribution >= 4 is 24.0 Å². The second kappa shape index (κ2) is 5.32. The first-order valence-electron chi connectivity index (χ1n) is 3.74. The second-order valence-electron chi connectivity index (χ2n) is 2.68. The van der Waals surface area contributed by atoms with Gasteiger partial charge in [-0.1, -0.05) is 17.7 Å². The zero-order valence-corrected chi connectivity index (χ0v) is 9.15. The highest BCUT2D eigenvalue weighted by molar-refractivity contribution is 6.32. The molecule has 1 atom stereocenters. The molecule has 13 heavy (non-hydrogen) atoms. The van der Waals surface area contributed by atoms with Gasteiger partial charge in [-0.05, 0) is 24.6 Å². The summed E-state index contributed by atoms with van der Waals surface area (Å²) in [6.07, 6.45) is 0. The van der Waals surface area contributed by atoms with Crippen LogP contribution in [-0.4, -0.2) is 7.11 Å². The van der Waals surface area contributed by atoms with Crippen molar-refractivity contribution in [2.24, 2.45) is 5.73 Å². The van der Waals surface area contributed by atoms with Gasteiger partial charge in [0, 0.05) is 6.04 Å². The Morgan fingerprint density at radius 3 is 2.54 bits per heavy atom. The lowest BCUT2D eigenvalue weighted by molar-refractivity contribution is 0.414. The fraction of sp³-hybridized carbons (Fsp3) is 0.333. The number of methoxy groups -OCH3 is 1. The van der Waals surface area contributed by atoms with E-state index in [-0.39, 0.29) is 18.4 Å². The summed E-state index contributed by atoms with van der Waals surface area (Å²) in [5, 5.41) is 0.613. The monoisotopic (exact) mass is 221 g/mol. The van der Waals surface area contributed by atoms with Crippen molar-refractivity contribution in [2.45, 2.75) is 13.0 Å². The van der Waals surface area contributed by atoms with E-state index >= 15 is 0 Å². The highest BCUT2D eigenvalue weighted by atomic mass is 35.5. The van der Waals surface area contributed by atoms with Gasteiger partial charge in [0.2, 0.25) is 0 Å². The number of benzene rings is 1. The number of rotatable bonds is 2. The Kier molecular flexibility index (Phi) is 5.14. The third-order valence-corrected chi connectivity index (χ3v) is 2.01. The van der Waals surface area contributed by atoms with Crippen LogP contribution >= 0.6 is 24.0 Å². The Labute approximate surface area is 89.4 Å². The summed E-state index contributed by atoms with van der Waals surface area (Å²) in [7, 11) is 1.59. The quantitative estimate of drug-likeness (QED) is 0.834. The lowest BCUT2D eigenvalue weighted by atomic mass is 10.1. The molecule has 0 spiro atoms. The molecule has 0 heterocycles. The maximum absolute atomic E-state index is 5.84. The maximum Gasteiger partial charge on any atom is 0.137 e. The summed E-state index contributed by atoms with van der Waals surface area (Å²) in [6, 6.07) is 5.55. The topological polar surface area (TPSA) is 35.2 Å². The van der Waals surface area contributed by atoms with E-state index in [4.69, 9.17) is 22.1 Å². The molecule has 2 nitrogen and oxygen atoms in total. The van der Waals surface area contributed by atoms with Crippen LogP contribution in [0.2, 0.25) is 5.02 Å². The molecule has 0 saturated carbocycles. The molecule has 4 heteroatoms. The minimum absolute atomic E-state index is 0. The van der Waals surface area contributed by atoms with Crippen LogP contribution < -0.4 is 10.5 Å². The summed E-state index contributed by atoms with van der Waals surface area (Å²) < 4.78 is 5.05. The van der Waals surface area contributed by atoms with E-state index in [1.165, 1.54) is 0 Å². The van der Waals surface area contributed by atoms with Crippen molar-refractivity contribution in [3.63, 3.8) is 0 Å². The van der Waals surface area contributed by atoms with E-state index in [0.717, 1.165) is 5.56 Å². The molecular weight excluding hydrogens is 209 g/mol. The minimum Gasteiger partial charge on any atom is -0.495 e. The first-order chi connectivity index (χ1) is 5.65. The molecule has 1 aromatic rings. The van der Waals surface area contributed by atoms with E-state index < -0.39 is 0 Å². The molecule has 0 amide bonds. The van der Waals surface area contributed by atoms with Gasteiger partial charge in [-0.2, -0.15) is 0 Å². The first kappa shape index (κ1) is 12.6. The van der Waals surface area contributed by atoms with Crippen LogP contribution in [0.25, 0.3) is 0 Å². The average molecular weight is 222 g/mol. The standard InChI is InChI=1S/C9H12ClNO.ClH/c1-6(11)7-3-4-8(10)9(5-7)12-2;/h3-6H,11H2,1-2H3;1H/t6-;/m0./s1. The molecule has 74 valence electrons. The zero-order chi connectivity index (χ0) is 9.14. The number of hydrogen-bond donors (Lipinski definition) is 1. The van der Waals surface area contributed by atoms with Crippen molar-refractivity contribution in [1.29, 1.82) is 0 Å². The van der Waals surface area contributed by atoms with E-state index in [0.29, 0.717) is 10.8 Å². The predicted molar refractivity (Wildman–Crippen MR) is 57.9 cm³/mol. The van der Waals surface area contributed by atoms with Crippen LogP contribution in [0.1, 0.15) is 18.5 Å². The first-order valence-corrected chi connectivity index (χ1v) is 4.12. The van der Waals surface area contributed by atoms with E-state index in [9.17, 15) is 0 Å². The van der Waals surface area contributed by atoms with Gasteiger partial charge in [0.25, 0.3) is 0 Å². The van der Waals surface area contributed by atoms with Gasteiger partial charge in [0.05, 0.1) is 12.1 Å². The van der Waals surface area contributed by atoms with Gasteiger partial charge in [0.1, 0.15) is 5.75 Å². The largest absolute Gasteiger partial charge is 0.495 e. The summed E-state index contributed by atoms with van der Waals surface area (Å²) in [6.45, 7) is 1.92. The molecule has 0 radical (unpaired) electrons. The fourth-order valence-electron chi connectivity index (χ4n) is 0.960. The van der Waals surface area contributed by atoms with E-state index in [2.05, 4.69) is 0 Å². The van der Waals surface area contributed by atoms with Crippen LogP contribution in [0.15, 0.2) is 18.2 Å². The molecule has 0 bridgehead atoms. The van der Waals surface area contributed by atoms with E-state index in [1.54, 1.807) is 13.2 Å². The highest BCUT2D eigenvalue weighted by Crippen LogP contribution is 2.26.